The van der Waals surface area contributed by atoms with E-state index in [0.29, 0.717) is 11.5 Å². The Balaban J connectivity index is 2.00. The summed E-state index contributed by atoms with van der Waals surface area (Å²) in [5, 5.41) is 11.5. The van der Waals surface area contributed by atoms with Gasteiger partial charge in [0.1, 0.15) is 29.0 Å². The lowest BCUT2D eigenvalue weighted by Crippen LogP contribution is -2.18. The molecule has 3 aromatic rings. The molecule has 0 atom stereocenters. The van der Waals surface area contributed by atoms with Gasteiger partial charge >= 0.3 is 12.4 Å². The summed E-state index contributed by atoms with van der Waals surface area (Å²) in [6.07, 6.45) is -7.27. The molecule has 5 nitrogen and oxygen atoms in total. The number of hydrogen-bond acceptors (Lipinski definition) is 4. The number of nitrogens with one attached hydrogen (secondary N) is 1. The van der Waals surface area contributed by atoms with E-state index in [0.717, 1.165) is 0 Å². The molecule has 0 saturated heterocycles. The molecule has 0 aliphatic rings. The van der Waals surface area contributed by atoms with Gasteiger partial charge in [0.15, 0.2) is 0 Å². The lowest BCUT2D eigenvalue weighted by Gasteiger charge is -2.16. The Hall–Kier alpha value is -3.55. The van der Waals surface area contributed by atoms with Crippen LogP contribution in [0.3, 0.4) is 0 Å². The smallest absolute Gasteiger partial charge is 0.362 e. The zero-order valence-corrected chi connectivity index (χ0v) is 14.4. The van der Waals surface area contributed by atoms with Crippen molar-refractivity contribution in [2.24, 2.45) is 0 Å². The average molecular weight is 411 g/mol. The van der Waals surface area contributed by atoms with Crippen molar-refractivity contribution in [1.29, 1.82) is 5.26 Å². The van der Waals surface area contributed by atoms with Gasteiger partial charge in [0.25, 0.3) is 0 Å². The summed E-state index contributed by atoms with van der Waals surface area (Å²) in [4.78, 5) is 7.25. The summed E-state index contributed by atoms with van der Waals surface area (Å²) in [7, 11) is 0. The molecule has 0 radical (unpaired) electrons. The first-order valence-corrected chi connectivity index (χ1v) is 8.02. The van der Waals surface area contributed by atoms with Crippen LogP contribution in [-0.4, -0.2) is 14.5 Å². The SMILES string of the molecule is N#Cc1c(C(F)(F)F)cc(C(F)(F)F)nc1NCc1nccn1-c1ccccc1. The normalized spacial score (nSPS) is 11.9. The summed E-state index contributed by atoms with van der Waals surface area (Å²) in [6, 6.07) is 9.90. The number of imidazole rings is 1. The Labute approximate surface area is 160 Å². The maximum atomic E-state index is 13.2. The maximum Gasteiger partial charge on any atom is 0.433 e. The second-order valence-corrected chi connectivity index (χ2v) is 5.79. The molecule has 0 fully saturated rings. The highest BCUT2D eigenvalue weighted by atomic mass is 19.4. The fourth-order valence-corrected chi connectivity index (χ4v) is 2.61. The van der Waals surface area contributed by atoms with Crippen LogP contribution in [0.15, 0.2) is 48.8 Å². The summed E-state index contributed by atoms with van der Waals surface area (Å²) in [6.45, 7) is -0.262. The minimum Gasteiger partial charge on any atom is -0.362 e. The average Bonchev–Trinajstić information content (AvgIpc) is 3.13. The van der Waals surface area contributed by atoms with Crippen LogP contribution in [0.4, 0.5) is 32.2 Å². The number of benzene rings is 1. The number of nitrogens with zero attached hydrogens (tertiary/aromatic N) is 4. The van der Waals surface area contributed by atoms with Crippen molar-refractivity contribution in [1.82, 2.24) is 14.5 Å². The molecule has 11 heteroatoms. The first-order valence-electron chi connectivity index (χ1n) is 8.02. The molecule has 0 aliphatic carbocycles. The molecule has 0 unspecified atom stereocenters. The fraction of sp³-hybridized carbons (Fsp3) is 0.167. The molecule has 2 aromatic heterocycles. The Kier molecular flexibility index (Phi) is 5.19. The van der Waals surface area contributed by atoms with E-state index in [4.69, 9.17) is 5.26 Å². The van der Waals surface area contributed by atoms with Gasteiger partial charge in [-0.1, -0.05) is 18.2 Å². The Morgan fingerprint density at radius 1 is 1.03 bits per heavy atom. The molecule has 1 N–H and O–H groups in total. The van der Waals surface area contributed by atoms with E-state index in [1.54, 1.807) is 41.1 Å². The summed E-state index contributed by atoms with van der Waals surface area (Å²) < 4.78 is 80.2. The summed E-state index contributed by atoms with van der Waals surface area (Å²) in [5.74, 6) is -0.523. The van der Waals surface area contributed by atoms with Gasteiger partial charge in [-0.2, -0.15) is 31.6 Å². The van der Waals surface area contributed by atoms with Crippen LogP contribution in [0.2, 0.25) is 0 Å². The molecule has 0 saturated carbocycles. The van der Waals surface area contributed by atoms with Crippen LogP contribution in [0.1, 0.15) is 22.6 Å². The number of aromatic nitrogens is 3. The number of alkyl halides is 6. The Bertz CT molecular complexity index is 1050. The van der Waals surface area contributed by atoms with Gasteiger partial charge in [-0.15, -0.1) is 0 Å². The van der Waals surface area contributed by atoms with Crippen LogP contribution < -0.4 is 5.32 Å². The van der Waals surface area contributed by atoms with E-state index in [-0.39, 0.29) is 12.6 Å². The minimum absolute atomic E-state index is 0.172. The van der Waals surface area contributed by atoms with Crippen molar-refractivity contribution in [3.8, 4) is 11.8 Å². The molecule has 0 spiro atoms. The van der Waals surface area contributed by atoms with Crippen molar-refractivity contribution in [3.05, 3.63) is 71.4 Å². The molecule has 29 heavy (non-hydrogen) atoms. The largest absolute Gasteiger partial charge is 0.433 e. The monoisotopic (exact) mass is 411 g/mol. The number of pyridine rings is 1. The van der Waals surface area contributed by atoms with Gasteiger partial charge in [-0.3, -0.25) is 0 Å². The highest BCUT2D eigenvalue weighted by Crippen LogP contribution is 2.38. The Morgan fingerprint density at radius 3 is 2.31 bits per heavy atom. The number of para-hydroxylation sites is 1. The zero-order chi connectivity index (χ0) is 21.2. The van der Waals surface area contributed by atoms with E-state index in [1.807, 2.05) is 0 Å². The van der Waals surface area contributed by atoms with Crippen molar-refractivity contribution in [2.45, 2.75) is 18.9 Å². The lowest BCUT2D eigenvalue weighted by molar-refractivity contribution is -0.145. The molecule has 1 aromatic carbocycles. The second kappa shape index (κ2) is 7.46. The van der Waals surface area contributed by atoms with Crippen LogP contribution in [0.25, 0.3) is 5.69 Å². The third-order valence-corrected chi connectivity index (χ3v) is 3.89. The van der Waals surface area contributed by atoms with E-state index < -0.39 is 35.0 Å². The zero-order valence-electron chi connectivity index (χ0n) is 14.4. The standard InChI is InChI=1S/C18H11F6N5/c19-17(20,21)13-8-14(18(22,23)24)28-16(12(13)9-25)27-10-15-26-6-7-29(15)11-4-2-1-3-5-11/h1-8H,10H2,(H,27,28). The van der Waals surface area contributed by atoms with Gasteiger partial charge in [0.2, 0.25) is 0 Å². The predicted octanol–water partition coefficient (Wildman–Crippen LogP) is 4.79. The van der Waals surface area contributed by atoms with Crippen molar-refractivity contribution < 1.29 is 26.3 Å². The molecule has 2 heterocycles. The number of halogens is 6. The van der Waals surface area contributed by atoms with Gasteiger partial charge in [-0.05, 0) is 18.2 Å². The Morgan fingerprint density at radius 2 is 1.72 bits per heavy atom. The van der Waals surface area contributed by atoms with E-state index in [1.165, 1.54) is 12.3 Å². The predicted molar refractivity (Wildman–Crippen MR) is 89.8 cm³/mol. The molecule has 0 bridgehead atoms. The molecule has 0 aliphatic heterocycles. The van der Waals surface area contributed by atoms with E-state index >= 15 is 0 Å². The number of anilines is 1. The second-order valence-electron chi connectivity index (χ2n) is 5.79. The van der Waals surface area contributed by atoms with Crippen LogP contribution >= 0.6 is 0 Å². The maximum absolute atomic E-state index is 13.2. The van der Waals surface area contributed by atoms with Gasteiger partial charge in [0.05, 0.1) is 12.1 Å². The van der Waals surface area contributed by atoms with Crippen LogP contribution in [0.5, 0.6) is 0 Å². The van der Waals surface area contributed by atoms with Crippen molar-refractivity contribution in [2.75, 3.05) is 5.32 Å². The summed E-state index contributed by atoms with van der Waals surface area (Å²) in [5.41, 5.74) is -3.80. The van der Waals surface area contributed by atoms with Crippen molar-refractivity contribution >= 4 is 5.82 Å². The van der Waals surface area contributed by atoms with Gasteiger partial charge in [0, 0.05) is 18.1 Å². The quantitative estimate of drug-likeness (QED) is 0.627. The van der Waals surface area contributed by atoms with Crippen LogP contribution in [0, 0.1) is 11.3 Å². The summed E-state index contributed by atoms with van der Waals surface area (Å²) >= 11 is 0. The van der Waals surface area contributed by atoms with E-state index in [9.17, 15) is 26.3 Å². The number of nitriles is 1. The first kappa shape index (κ1) is 20.2. The first-order chi connectivity index (χ1) is 13.6. The number of hydrogen-bond donors (Lipinski definition) is 1. The van der Waals surface area contributed by atoms with E-state index in [2.05, 4.69) is 15.3 Å². The fourth-order valence-electron chi connectivity index (χ4n) is 2.61. The molecule has 0 amide bonds. The highest BCUT2D eigenvalue weighted by molar-refractivity contribution is 5.58. The third kappa shape index (κ3) is 4.31. The minimum atomic E-state index is -5.16. The van der Waals surface area contributed by atoms with Crippen molar-refractivity contribution in [3.63, 3.8) is 0 Å². The van der Waals surface area contributed by atoms with Gasteiger partial charge in [-0.25, -0.2) is 9.97 Å². The van der Waals surface area contributed by atoms with Gasteiger partial charge < -0.3 is 9.88 Å². The molecule has 3 rings (SSSR count). The topological polar surface area (TPSA) is 66.5 Å². The number of rotatable bonds is 4. The van der Waals surface area contributed by atoms with Crippen LogP contribution in [-0.2, 0) is 18.9 Å². The third-order valence-electron chi connectivity index (χ3n) is 3.89. The highest BCUT2D eigenvalue weighted by Gasteiger charge is 2.41. The lowest BCUT2D eigenvalue weighted by atomic mass is 10.1. The molecular formula is C18H11F6N5. The molecular weight excluding hydrogens is 400 g/mol. The molecule has 150 valence electrons.